The smallest absolute Gasteiger partial charge is 0.128 e. The summed E-state index contributed by atoms with van der Waals surface area (Å²) in [6.07, 6.45) is 6.02. The van der Waals surface area contributed by atoms with Crippen LogP contribution in [0, 0.1) is 0 Å². The van der Waals surface area contributed by atoms with Gasteiger partial charge in [-0.25, -0.2) is 0 Å². The first-order valence-corrected chi connectivity index (χ1v) is 7.17. The highest BCUT2D eigenvalue weighted by Crippen LogP contribution is 2.33. The van der Waals surface area contributed by atoms with Crippen molar-refractivity contribution in [3.63, 3.8) is 0 Å². The SMILES string of the molecule is COC1C(Cl)CC1Oc1ccc2c(c1)CCCC2. The second-order valence-corrected chi connectivity index (χ2v) is 5.81. The van der Waals surface area contributed by atoms with E-state index in [-0.39, 0.29) is 17.6 Å². The van der Waals surface area contributed by atoms with Crippen molar-refractivity contribution in [1.82, 2.24) is 0 Å². The molecule has 0 spiro atoms. The summed E-state index contributed by atoms with van der Waals surface area (Å²) in [7, 11) is 1.70. The standard InChI is InChI=1S/C15H19ClO2/c1-17-15-13(16)9-14(15)18-12-7-6-10-4-2-3-5-11(10)8-12/h6-8,13-15H,2-5,9H2,1H3. The van der Waals surface area contributed by atoms with Crippen molar-refractivity contribution in [2.75, 3.05) is 7.11 Å². The highest BCUT2D eigenvalue weighted by Gasteiger charge is 2.42. The van der Waals surface area contributed by atoms with E-state index in [9.17, 15) is 0 Å². The number of ether oxygens (including phenoxy) is 2. The van der Waals surface area contributed by atoms with Gasteiger partial charge in [0.2, 0.25) is 0 Å². The summed E-state index contributed by atoms with van der Waals surface area (Å²) in [6, 6.07) is 6.49. The Morgan fingerprint density at radius 2 is 1.94 bits per heavy atom. The van der Waals surface area contributed by atoms with E-state index >= 15 is 0 Å². The molecule has 98 valence electrons. The van der Waals surface area contributed by atoms with Gasteiger partial charge in [-0.2, -0.15) is 0 Å². The van der Waals surface area contributed by atoms with E-state index in [4.69, 9.17) is 21.1 Å². The van der Waals surface area contributed by atoms with Gasteiger partial charge in [-0.1, -0.05) is 6.07 Å². The Morgan fingerprint density at radius 3 is 2.67 bits per heavy atom. The molecule has 1 aromatic rings. The number of aryl methyl sites for hydroxylation is 2. The molecule has 2 aliphatic rings. The summed E-state index contributed by atoms with van der Waals surface area (Å²) in [6.45, 7) is 0. The summed E-state index contributed by atoms with van der Waals surface area (Å²) in [5.74, 6) is 0.964. The Hall–Kier alpha value is -0.730. The largest absolute Gasteiger partial charge is 0.488 e. The predicted octanol–water partition coefficient (Wildman–Crippen LogP) is 3.34. The molecule has 3 atom stereocenters. The first-order valence-electron chi connectivity index (χ1n) is 6.73. The van der Waals surface area contributed by atoms with E-state index in [0.29, 0.717) is 0 Å². The van der Waals surface area contributed by atoms with E-state index < -0.39 is 0 Å². The lowest BCUT2D eigenvalue weighted by Crippen LogP contribution is -2.52. The normalized spacial score (nSPS) is 30.4. The Balaban J connectivity index is 1.70. The summed E-state index contributed by atoms with van der Waals surface area (Å²) in [4.78, 5) is 0. The van der Waals surface area contributed by atoms with Crippen molar-refractivity contribution < 1.29 is 9.47 Å². The fraction of sp³-hybridized carbons (Fsp3) is 0.600. The summed E-state index contributed by atoms with van der Waals surface area (Å²) in [5, 5.41) is 0.0950. The van der Waals surface area contributed by atoms with Crippen molar-refractivity contribution in [1.29, 1.82) is 0 Å². The first-order chi connectivity index (χ1) is 8.78. The van der Waals surface area contributed by atoms with Gasteiger partial charge in [0.25, 0.3) is 0 Å². The van der Waals surface area contributed by atoms with Crippen LogP contribution in [0.5, 0.6) is 5.75 Å². The van der Waals surface area contributed by atoms with Crippen molar-refractivity contribution in [3.8, 4) is 5.75 Å². The Bertz CT molecular complexity index is 433. The van der Waals surface area contributed by atoms with E-state index in [2.05, 4.69) is 18.2 Å². The second-order valence-electron chi connectivity index (χ2n) is 5.25. The van der Waals surface area contributed by atoms with Crippen LogP contribution < -0.4 is 4.74 Å². The number of halogens is 1. The van der Waals surface area contributed by atoms with Crippen LogP contribution in [0.4, 0.5) is 0 Å². The number of benzene rings is 1. The van der Waals surface area contributed by atoms with Gasteiger partial charge in [-0.15, -0.1) is 11.6 Å². The van der Waals surface area contributed by atoms with Crippen LogP contribution in [0.3, 0.4) is 0 Å². The molecule has 2 aliphatic carbocycles. The molecule has 18 heavy (non-hydrogen) atoms. The van der Waals surface area contributed by atoms with Crippen LogP contribution in [-0.4, -0.2) is 24.7 Å². The molecule has 2 nitrogen and oxygen atoms in total. The molecular formula is C15H19ClO2. The van der Waals surface area contributed by atoms with Gasteiger partial charge in [0, 0.05) is 13.5 Å². The lowest BCUT2D eigenvalue weighted by atomic mass is 9.90. The Morgan fingerprint density at radius 1 is 1.17 bits per heavy atom. The summed E-state index contributed by atoms with van der Waals surface area (Å²) >= 11 is 6.09. The molecule has 0 saturated heterocycles. The molecule has 1 aromatic carbocycles. The van der Waals surface area contributed by atoms with Gasteiger partial charge in [0.05, 0.1) is 5.38 Å². The van der Waals surface area contributed by atoms with Crippen molar-refractivity contribution >= 4 is 11.6 Å². The molecule has 1 saturated carbocycles. The highest BCUT2D eigenvalue weighted by molar-refractivity contribution is 6.21. The second kappa shape index (κ2) is 5.10. The van der Waals surface area contributed by atoms with Crippen molar-refractivity contribution in [2.24, 2.45) is 0 Å². The minimum atomic E-state index is 0.0303. The molecule has 0 radical (unpaired) electrons. The van der Waals surface area contributed by atoms with Crippen LogP contribution in [-0.2, 0) is 17.6 Å². The number of rotatable bonds is 3. The third kappa shape index (κ3) is 2.24. The van der Waals surface area contributed by atoms with E-state index in [1.54, 1.807) is 7.11 Å². The third-order valence-corrected chi connectivity index (χ3v) is 4.49. The number of hydrogen-bond donors (Lipinski definition) is 0. The Labute approximate surface area is 113 Å². The lowest BCUT2D eigenvalue weighted by molar-refractivity contribution is -0.0583. The van der Waals surface area contributed by atoms with Crippen LogP contribution in [0.2, 0.25) is 0 Å². The number of fused-ring (bicyclic) bond motifs is 1. The van der Waals surface area contributed by atoms with Gasteiger partial charge in [-0.3, -0.25) is 0 Å². The maximum absolute atomic E-state index is 6.09. The quantitative estimate of drug-likeness (QED) is 0.782. The fourth-order valence-electron chi connectivity index (χ4n) is 2.90. The van der Waals surface area contributed by atoms with Gasteiger partial charge in [0.1, 0.15) is 18.0 Å². The van der Waals surface area contributed by atoms with Crippen LogP contribution >= 0.6 is 11.6 Å². The lowest BCUT2D eigenvalue weighted by Gasteiger charge is -2.39. The average Bonchev–Trinajstić information content (AvgIpc) is 2.38. The maximum Gasteiger partial charge on any atom is 0.128 e. The zero-order valence-electron chi connectivity index (χ0n) is 10.7. The predicted molar refractivity (Wildman–Crippen MR) is 72.6 cm³/mol. The molecule has 0 aliphatic heterocycles. The van der Waals surface area contributed by atoms with Gasteiger partial charge in [0.15, 0.2) is 0 Å². The van der Waals surface area contributed by atoms with Crippen molar-refractivity contribution in [2.45, 2.75) is 49.7 Å². The maximum atomic E-state index is 6.09. The summed E-state index contributed by atoms with van der Waals surface area (Å²) < 4.78 is 11.3. The average molecular weight is 267 g/mol. The molecule has 0 N–H and O–H groups in total. The molecule has 0 aromatic heterocycles. The van der Waals surface area contributed by atoms with Crippen LogP contribution in [0.1, 0.15) is 30.4 Å². The number of methoxy groups -OCH3 is 1. The number of alkyl halides is 1. The molecule has 3 unspecified atom stereocenters. The van der Waals surface area contributed by atoms with Crippen LogP contribution in [0.15, 0.2) is 18.2 Å². The van der Waals surface area contributed by atoms with Gasteiger partial charge >= 0.3 is 0 Å². The van der Waals surface area contributed by atoms with E-state index in [1.165, 1.54) is 36.8 Å². The highest BCUT2D eigenvalue weighted by atomic mass is 35.5. The molecule has 0 amide bonds. The van der Waals surface area contributed by atoms with Gasteiger partial charge < -0.3 is 9.47 Å². The van der Waals surface area contributed by atoms with E-state index in [0.717, 1.165) is 12.2 Å². The topological polar surface area (TPSA) is 18.5 Å². The molecule has 3 heteroatoms. The molecule has 3 rings (SSSR count). The molecule has 1 fully saturated rings. The van der Waals surface area contributed by atoms with Crippen LogP contribution in [0.25, 0.3) is 0 Å². The monoisotopic (exact) mass is 266 g/mol. The van der Waals surface area contributed by atoms with Gasteiger partial charge in [-0.05, 0) is 48.9 Å². The fourth-order valence-corrected chi connectivity index (χ4v) is 3.34. The number of hydrogen-bond acceptors (Lipinski definition) is 2. The summed E-state index contributed by atoms with van der Waals surface area (Å²) in [5.41, 5.74) is 2.94. The Kier molecular flexibility index (Phi) is 3.49. The minimum absolute atomic E-state index is 0.0303. The first kappa shape index (κ1) is 12.3. The van der Waals surface area contributed by atoms with Crippen molar-refractivity contribution in [3.05, 3.63) is 29.3 Å². The zero-order chi connectivity index (χ0) is 12.5. The minimum Gasteiger partial charge on any atom is -0.488 e. The zero-order valence-corrected chi connectivity index (χ0v) is 11.5. The third-order valence-electron chi connectivity index (χ3n) is 4.06. The molecule has 0 heterocycles. The van der Waals surface area contributed by atoms with E-state index in [1.807, 2.05) is 0 Å². The molecular weight excluding hydrogens is 248 g/mol. The molecule has 0 bridgehead atoms.